The Kier molecular flexibility index (Phi) is 3.80. The summed E-state index contributed by atoms with van der Waals surface area (Å²) >= 11 is 0. The molecule has 6 nitrogen and oxygen atoms in total. The Balaban J connectivity index is 2.35. The van der Waals surface area contributed by atoms with Gasteiger partial charge in [0.2, 0.25) is 0 Å². The molecule has 1 N–H and O–H groups in total. The molecule has 102 valence electrons. The van der Waals surface area contributed by atoms with E-state index < -0.39 is 11.0 Å². The van der Waals surface area contributed by atoms with Gasteiger partial charge in [-0.2, -0.15) is 0 Å². The number of ketones is 1. The maximum atomic E-state index is 11.4. The summed E-state index contributed by atoms with van der Waals surface area (Å²) in [4.78, 5) is 23.7. The van der Waals surface area contributed by atoms with Crippen molar-refractivity contribution in [2.75, 3.05) is 18.0 Å². The summed E-state index contributed by atoms with van der Waals surface area (Å²) in [5.41, 5.74) is 0.617. The van der Waals surface area contributed by atoms with Crippen LogP contribution in [0.25, 0.3) is 0 Å². The molecule has 1 atom stereocenters. The van der Waals surface area contributed by atoms with Gasteiger partial charge in [0.05, 0.1) is 16.6 Å². The van der Waals surface area contributed by atoms with E-state index >= 15 is 0 Å². The average molecular weight is 264 g/mol. The predicted molar refractivity (Wildman–Crippen MR) is 70.6 cm³/mol. The second-order valence-corrected chi connectivity index (χ2v) is 4.76. The summed E-state index contributed by atoms with van der Waals surface area (Å²) in [6, 6.07) is 4.59. The molecule has 0 radical (unpaired) electrons. The van der Waals surface area contributed by atoms with Crippen molar-refractivity contribution >= 4 is 17.2 Å². The van der Waals surface area contributed by atoms with E-state index in [0.717, 1.165) is 19.4 Å². The number of nitro benzene ring substituents is 1. The number of aliphatic hydroxyl groups excluding tert-OH is 1. The summed E-state index contributed by atoms with van der Waals surface area (Å²) in [5.74, 6) is -0.322. The van der Waals surface area contributed by atoms with E-state index in [9.17, 15) is 20.0 Å². The van der Waals surface area contributed by atoms with Crippen LogP contribution in [0.3, 0.4) is 0 Å². The molecule has 1 saturated heterocycles. The van der Waals surface area contributed by atoms with Crippen LogP contribution in [-0.2, 0) is 0 Å². The van der Waals surface area contributed by atoms with E-state index in [0.29, 0.717) is 12.2 Å². The first-order valence-electron chi connectivity index (χ1n) is 6.21. The normalized spacial score (nSPS) is 19.3. The summed E-state index contributed by atoms with van der Waals surface area (Å²) in [7, 11) is 0. The Labute approximate surface area is 110 Å². The fourth-order valence-corrected chi connectivity index (χ4v) is 2.35. The second-order valence-electron chi connectivity index (χ2n) is 4.76. The van der Waals surface area contributed by atoms with Crippen LogP contribution in [0.2, 0.25) is 0 Å². The van der Waals surface area contributed by atoms with Gasteiger partial charge in [0.25, 0.3) is 5.69 Å². The zero-order valence-electron chi connectivity index (χ0n) is 10.7. The first-order valence-corrected chi connectivity index (χ1v) is 6.21. The first-order chi connectivity index (χ1) is 8.99. The molecule has 19 heavy (non-hydrogen) atoms. The molecule has 1 aliphatic rings. The number of aliphatic hydroxyl groups is 1. The van der Waals surface area contributed by atoms with Crippen molar-refractivity contribution in [3.05, 3.63) is 33.9 Å². The lowest BCUT2D eigenvalue weighted by Gasteiger charge is -2.31. The third kappa shape index (κ3) is 2.90. The molecular weight excluding hydrogens is 248 g/mol. The smallest absolute Gasteiger partial charge is 0.282 e. The van der Waals surface area contributed by atoms with Crippen molar-refractivity contribution in [2.45, 2.75) is 25.9 Å². The van der Waals surface area contributed by atoms with Crippen LogP contribution in [0, 0.1) is 10.1 Å². The van der Waals surface area contributed by atoms with Gasteiger partial charge in [-0.3, -0.25) is 14.9 Å². The monoisotopic (exact) mass is 264 g/mol. The molecule has 1 heterocycles. The summed E-state index contributed by atoms with van der Waals surface area (Å²) in [5, 5.41) is 20.6. The number of nitro groups is 1. The number of Topliss-reactive ketones (excluding diaryl/α,β-unsaturated/α-hetero) is 1. The number of carbonyl (C=O) groups excluding carboxylic acids is 1. The van der Waals surface area contributed by atoms with E-state index in [1.165, 1.54) is 19.1 Å². The Morgan fingerprint density at radius 3 is 2.84 bits per heavy atom. The number of anilines is 1. The zero-order valence-corrected chi connectivity index (χ0v) is 10.7. The van der Waals surface area contributed by atoms with E-state index in [-0.39, 0.29) is 17.0 Å². The molecule has 0 spiro atoms. The Bertz CT molecular complexity index is 515. The molecule has 1 aromatic rings. The number of carbonyl (C=O) groups is 1. The highest BCUT2D eigenvalue weighted by Gasteiger charge is 2.22. The number of hydrogen-bond donors (Lipinski definition) is 1. The number of rotatable bonds is 3. The minimum atomic E-state index is -0.541. The highest BCUT2D eigenvalue weighted by molar-refractivity contribution is 5.98. The van der Waals surface area contributed by atoms with Gasteiger partial charge in [0.15, 0.2) is 5.78 Å². The van der Waals surface area contributed by atoms with Gasteiger partial charge in [-0.25, -0.2) is 0 Å². The SMILES string of the molecule is CC(=O)c1ccc(N2CCCC(O)C2)cc1[N+](=O)[O-]. The summed E-state index contributed by atoms with van der Waals surface area (Å²) in [6.45, 7) is 2.54. The molecule has 1 aliphatic heterocycles. The molecule has 0 amide bonds. The standard InChI is InChI=1S/C13H16N2O4/c1-9(16)12-5-4-10(7-13(12)15(18)19)14-6-2-3-11(17)8-14/h4-5,7,11,17H,2-3,6,8H2,1H3. The van der Waals surface area contributed by atoms with Gasteiger partial charge in [0.1, 0.15) is 0 Å². The van der Waals surface area contributed by atoms with Crippen molar-refractivity contribution in [1.82, 2.24) is 0 Å². The molecule has 1 aromatic carbocycles. The van der Waals surface area contributed by atoms with Crippen molar-refractivity contribution in [2.24, 2.45) is 0 Å². The van der Waals surface area contributed by atoms with Gasteiger partial charge >= 0.3 is 0 Å². The highest BCUT2D eigenvalue weighted by Crippen LogP contribution is 2.28. The maximum absolute atomic E-state index is 11.4. The zero-order chi connectivity index (χ0) is 14.0. The van der Waals surface area contributed by atoms with Crippen molar-refractivity contribution in [3.63, 3.8) is 0 Å². The fourth-order valence-electron chi connectivity index (χ4n) is 2.35. The molecule has 6 heteroatoms. The van der Waals surface area contributed by atoms with Gasteiger partial charge in [-0.1, -0.05) is 0 Å². The summed E-state index contributed by atoms with van der Waals surface area (Å²) < 4.78 is 0. The quantitative estimate of drug-likeness (QED) is 0.511. The number of hydrogen-bond acceptors (Lipinski definition) is 5. The summed E-state index contributed by atoms with van der Waals surface area (Å²) in [6.07, 6.45) is 1.20. The van der Waals surface area contributed by atoms with E-state index in [2.05, 4.69) is 0 Å². The Morgan fingerprint density at radius 2 is 2.26 bits per heavy atom. The average Bonchev–Trinajstić information content (AvgIpc) is 2.37. The lowest BCUT2D eigenvalue weighted by atomic mass is 10.0. The van der Waals surface area contributed by atoms with Gasteiger partial charge < -0.3 is 10.0 Å². The number of nitrogens with zero attached hydrogens (tertiary/aromatic N) is 2. The lowest BCUT2D eigenvalue weighted by Crippen LogP contribution is -2.38. The fraction of sp³-hybridized carbons (Fsp3) is 0.462. The van der Waals surface area contributed by atoms with Crippen LogP contribution in [0.5, 0.6) is 0 Å². The van der Waals surface area contributed by atoms with Gasteiger partial charge in [-0.05, 0) is 31.9 Å². The largest absolute Gasteiger partial charge is 0.391 e. The molecule has 1 unspecified atom stereocenters. The van der Waals surface area contributed by atoms with Crippen LogP contribution < -0.4 is 4.90 Å². The number of benzene rings is 1. The van der Waals surface area contributed by atoms with Crippen LogP contribution in [0.1, 0.15) is 30.1 Å². The Hall–Kier alpha value is -1.95. The molecule has 0 bridgehead atoms. The third-order valence-electron chi connectivity index (χ3n) is 3.32. The maximum Gasteiger partial charge on any atom is 0.282 e. The van der Waals surface area contributed by atoms with Gasteiger partial charge in [0, 0.05) is 24.8 Å². The highest BCUT2D eigenvalue weighted by atomic mass is 16.6. The van der Waals surface area contributed by atoms with Gasteiger partial charge in [-0.15, -0.1) is 0 Å². The van der Waals surface area contributed by atoms with Crippen LogP contribution >= 0.6 is 0 Å². The van der Waals surface area contributed by atoms with Crippen molar-refractivity contribution in [3.8, 4) is 0 Å². The van der Waals surface area contributed by atoms with Crippen LogP contribution in [0.4, 0.5) is 11.4 Å². The van der Waals surface area contributed by atoms with E-state index in [4.69, 9.17) is 0 Å². The van der Waals surface area contributed by atoms with Crippen LogP contribution in [-0.4, -0.2) is 35.0 Å². The van der Waals surface area contributed by atoms with E-state index in [1.807, 2.05) is 4.90 Å². The molecular formula is C13H16N2O4. The third-order valence-corrected chi connectivity index (χ3v) is 3.32. The minimum absolute atomic E-state index is 0.117. The van der Waals surface area contributed by atoms with Crippen LogP contribution in [0.15, 0.2) is 18.2 Å². The predicted octanol–water partition coefficient (Wildman–Crippen LogP) is 1.76. The minimum Gasteiger partial charge on any atom is -0.391 e. The second kappa shape index (κ2) is 5.36. The topological polar surface area (TPSA) is 83.7 Å². The molecule has 1 fully saturated rings. The molecule has 0 saturated carbocycles. The van der Waals surface area contributed by atoms with Crippen molar-refractivity contribution in [1.29, 1.82) is 0 Å². The van der Waals surface area contributed by atoms with Crippen molar-refractivity contribution < 1.29 is 14.8 Å². The lowest BCUT2D eigenvalue weighted by molar-refractivity contribution is -0.385. The Morgan fingerprint density at radius 1 is 1.53 bits per heavy atom. The number of piperidine rings is 1. The molecule has 0 aliphatic carbocycles. The molecule has 2 rings (SSSR count). The number of β-amino-alcohol motifs (C(OH)–C–C–N with tert-alkyl or cyclic N) is 1. The first kappa shape index (κ1) is 13.5. The molecule has 0 aromatic heterocycles. The van der Waals surface area contributed by atoms with E-state index in [1.54, 1.807) is 6.07 Å².